The molecule has 0 atom stereocenters. The van der Waals surface area contributed by atoms with Gasteiger partial charge in [0.2, 0.25) is 0 Å². The molecule has 0 fully saturated rings. The molecule has 4 rings (SSSR count). The number of nitrogens with zero attached hydrogens (tertiary/aromatic N) is 4. The highest BCUT2D eigenvalue weighted by atomic mass is 32.1. The number of methoxy groups -OCH3 is 1. The maximum atomic E-state index is 12.8. The topological polar surface area (TPSA) is 60.2 Å². The van der Waals surface area contributed by atoms with Gasteiger partial charge in [-0.3, -0.25) is 4.79 Å². The Balaban J connectivity index is 1.44. The fraction of sp³-hybridized carbons (Fsp3) is 0.136. The number of thiazole rings is 1. The molecule has 1 amide bonds. The molecule has 4 aromatic rings. The first kappa shape index (κ1) is 18.9. The molecule has 7 heteroatoms. The van der Waals surface area contributed by atoms with Crippen LogP contribution in [0.3, 0.4) is 0 Å². The van der Waals surface area contributed by atoms with Crippen molar-refractivity contribution in [3.63, 3.8) is 0 Å². The van der Waals surface area contributed by atoms with E-state index in [1.165, 1.54) is 11.3 Å². The normalized spacial score (nSPS) is 10.7. The molecule has 0 unspecified atom stereocenters. The SMILES string of the molecule is COc1ccc(-c2nc(C(=O)N(C)Cc3cnn(-c4ccccc4)c3)cs2)cc1. The molecule has 6 nitrogen and oxygen atoms in total. The van der Waals surface area contributed by atoms with Gasteiger partial charge in [-0.1, -0.05) is 18.2 Å². The van der Waals surface area contributed by atoms with E-state index in [1.54, 1.807) is 35.3 Å². The predicted octanol–water partition coefficient (Wildman–Crippen LogP) is 4.28. The van der Waals surface area contributed by atoms with Crippen molar-refractivity contribution in [1.82, 2.24) is 19.7 Å². The maximum Gasteiger partial charge on any atom is 0.273 e. The van der Waals surface area contributed by atoms with Gasteiger partial charge in [0.15, 0.2) is 0 Å². The number of rotatable bonds is 6. The minimum absolute atomic E-state index is 0.117. The Morgan fingerprint density at radius 2 is 1.90 bits per heavy atom. The molecule has 2 heterocycles. The van der Waals surface area contributed by atoms with Gasteiger partial charge < -0.3 is 9.64 Å². The van der Waals surface area contributed by atoms with Gasteiger partial charge >= 0.3 is 0 Å². The summed E-state index contributed by atoms with van der Waals surface area (Å²) in [6.07, 6.45) is 3.71. The van der Waals surface area contributed by atoms with E-state index in [0.29, 0.717) is 12.2 Å². The van der Waals surface area contributed by atoms with E-state index in [4.69, 9.17) is 4.74 Å². The Kier molecular flexibility index (Phi) is 5.39. The van der Waals surface area contributed by atoms with Crippen LogP contribution in [0.1, 0.15) is 16.1 Å². The summed E-state index contributed by atoms with van der Waals surface area (Å²) in [5, 5.41) is 6.99. The lowest BCUT2D eigenvalue weighted by molar-refractivity contribution is 0.0780. The van der Waals surface area contributed by atoms with E-state index in [2.05, 4.69) is 10.1 Å². The summed E-state index contributed by atoms with van der Waals surface area (Å²) in [7, 11) is 3.41. The van der Waals surface area contributed by atoms with Crippen molar-refractivity contribution in [2.45, 2.75) is 6.54 Å². The van der Waals surface area contributed by atoms with E-state index in [0.717, 1.165) is 27.6 Å². The Bertz CT molecular complexity index is 1100. The molecule has 0 radical (unpaired) electrons. The van der Waals surface area contributed by atoms with Crippen LogP contribution in [-0.4, -0.2) is 39.7 Å². The van der Waals surface area contributed by atoms with Crippen molar-refractivity contribution in [2.75, 3.05) is 14.2 Å². The molecule has 29 heavy (non-hydrogen) atoms. The standard InChI is InChI=1S/C22H20N4O2S/c1-25(13-16-12-23-26(14-16)18-6-4-3-5-7-18)22(27)20-15-29-21(24-20)17-8-10-19(28-2)11-9-17/h3-12,14-15H,13H2,1-2H3. The summed E-state index contributed by atoms with van der Waals surface area (Å²) in [5.41, 5.74) is 3.34. The van der Waals surface area contributed by atoms with Crippen molar-refractivity contribution in [3.05, 3.63) is 83.6 Å². The van der Waals surface area contributed by atoms with Crippen molar-refractivity contribution in [3.8, 4) is 22.0 Å². The highest BCUT2D eigenvalue weighted by molar-refractivity contribution is 7.13. The van der Waals surface area contributed by atoms with Crippen molar-refractivity contribution >= 4 is 17.2 Å². The van der Waals surface area contributed by atoms with Crippen LogP contribution in [0.15, 0.2) is 72.4 Å². The van der Waals surface area contributed by atoms with Gasteiger partial charge in [-0.2, -0.15) is 5.10 Å². The molecule has 0 N–H and O–H groups in total. The molecule has 146 valence electrons. The first-order valence-electron chi connectivity index (χ1n) is 9.08. The van der Waals surface area contributed by atoms with Crippen LogP contribution in [0.5, 0.6) is 5.75 Å². The van der Waals surface area contributed by atoms with E-state index in [1.807, 2.05) is 60.8 Å². The quantitative estimate of drug-likeness (QED) is 0.481. The number of hydrogen-bond acceptors (Lipinski definition) is 5. The summed E-state index contributed by atoms with van der Waals surface area (Å²) in [6, 6.07) is 17.5. The molecule has 0 saturated heterocycles. The van der Waals surface area contributed by atoms with Crippen LogP contribution in [0.2, 0.25) is 0 Å². The highest BCUT2D eigenvalue weighted by Gasteiger charge is 2.17. The van der Waals surface area contributed by atoms with Crippen molar-refractivity contribution in [2.24, 2.45) is 0 Å². The molecule has 2 aromatic carbocycles. The Morgan fingerprint density at radius 1 is 1.14 bits per heavy atom. The summed E-state index contributed by atoms with van der Waals surface area (Å²) in [6.45, 7) is 0.459. The summed E-state index contributed by atoms with van der Waals surface area (Å²) in [4.78, 5) is 19.0. The van der Waals surface area contributed by atoms with E-state index < -0.39 is 0 Å². The smallest absolute Gasteiger partial charge is 0.273 e. The van der Waals surface area contributed by atoms with Crippen LogP contribution in [-0.2, 0) is 6.54 Å². The summed E-state index contributed by atoms with van der Waals surface area (Å²) >= 11 is 1.45. The molecule has 0 bridgehead atoms. The lowest BCUT2D eigenvalue weighted by Gasteiger charge is -2.14. The van der Waals surface area contributed by atoms with Crippen LogP contribution in [0.4, 0.5) is 0 Å². The number of amides is 1. The number of benzene rings is 2. The van der Waals surface area contributed by atoms with Crippen LogP contribution in [0.25, 0.3) is 16.3 Å². The van der Waals surface area contributed by atoms with Gasteiger partial charge in [-0.15, -0.1) is 11.3 Å². The second-order valence-electron chi connectivity index (χ2n) is 6.56. The minimum atomic E-state index is -0.117. The summed E-state index contributed by atoms with van der Waals surface area (Å²) in [5.74, 6) is 0.672. The largest absolute Gasteiger partial charge is 0.497 e. The highest BCUT2D eigenvalue weighted by Crippen LogP contribution is 2.26. The van der Waals surface area contributed by atoms with Gasteiger partial charge in [0, 0.05) is 36.3 Å². The lowest BCUT2D eigenvalue weighted by atomic mass is 10.2. The average molecular weight is 404 g/mol. The number of hydrogen-bond donors (Lipinski definition) is 0. The van der Waals surface area contributed by atoms with Crippen molar-refractivity contribution < 1.29 is 9.53 Å². The molecule has 0 aliphatic rings. The molecular formula is C22H20N4O2S. The predicted molar refractivity (Wildman–Crippen MR) is 113 cm³/mol. The Morgan fingerprint density at radius 3 is 2.62 bits per heavy atom. The third kappa shape index (κ3) is 4.20. The fourth-order valence-corrected chi connectivity index (χ4v) is 3.74. The van der Waals surface area contributed by atoms with Gasteiger partial charge in [-0.05, 0) is 36.4 Å². The second kappa shape index (κ2) is 8.28. The van der Waals surface area contributed by atoms with E-state index in [9.17, 15) is 4.79 Å². The van der Waals surface area contributed by atoms with Crippen LogP contribution in [0, 0.1) is 0 Å². The number of aromatic nitrogens is 3. The third-order valence-electron chi connectivity index (χ3n) is 4.48. The maximum absolute atomic E-state index is 12.8. The zero-order valence-electron chi connectivity index (χ0n) is 16.1. The Labute approximate surface area is 173 Å². The van der Waals surface area contributed by atoms with Crippen molar-refractivity contribution in [1.29, 1.82) is 0 Å². The first-order chi connectivity index (χ1) is 14.1. The molecule has 0 aliphatic carbocycles. The molecule has 0 aliphatic heterocycles. The monoisotopic (exact) mass is 404 g/mol. The fourth-order valence-electron chi connectivity index (χ4n) is 2.94. The van der Waals surface area contributed by atoms with E-state index in [-0.39, 0.29) is 5.91 Å². The zero-order chi connectivity index (χ0) is 20.2. The Hall–Kier alpha value is -3.45. The number of carbonyl (C=O) groups excluding carboxylic acids is 1. The molecule has 2 aromatic heterocycles. The van der Waals surface area contributed by atoms with Gasteiger partial charge in [0.25, 0.3) is 5.91 Å². The van der Waals surface area contributed by atoms with Crippen LogP contribution < -0.4 is 4.74 Å². The van der Waals surface area contributed by atoms with Gasteiger partial charge in [0.05, 0.1) is 19.0 Å². The second-order valence-corrected chi connectivity index (χ2v) is 7.41. The average Bonchev–Trinajstić information content (AvgIpc) is 3.44. The number of para-hydroxylation sites is 1. The van der Waals surface area contributed by atoms with Gasteiger partial charge in [-0.25, -0.2) is 9.67 Å². The molecule has 0 spiro atoms. The number of ether oxygens (including phenoxy) is 1. The zero-order valence-corrected chi connectivity index (χ0v) is 17.0. The lowest BCUT2D eigenvalue weighted by Crippen LogP contribution is -2.26. The van der Waals surface area contributed by atoms with E-state index >= 15 is 0 Å². The third-order valence-corrected chi connectivity index (χ3v) is 5.37. The van der Waals surface area contributed by atoms with Gasteiger partial charge in [0.1, 0.15) is 16.5 Å². The summed E-state index contributed by atoms with van der Waals surface area (Å²) < 4.78 is 6.99. The number of carbonyl (C=O) groups is 1. The van der Waals surface area contributed by atoms with Crippen LogP contribution >= 0.6 is 11.3 Å². The molecular weight excluding hydrogens is 384 g/mol. The first-order valence-corrected chi connectivity index (χ1v) is 9.96. The minimum Gasteiger partial charge on any atom is -0.497 e. The molecule has 0 saturated carbocycles.